The molecule has 0 fully saturated rings. The van der Waals surface area contributed by atoms with Crippen molar-refractivity contribution >= 4 is 74.5 Å². The molecule has 0 radical (unpaired) electrons. The predicted octanol–water partition coefficient (Wildman–Crippen LogP) is 5.39. The van der Waals surface area contributed by atoms with Gasteiger partial charge in [-0.05, 0) is 35.8 Å². The lowest BCUT2D eigenvalue weighted by Crippen LogP contribution is -2.56. The summed E-state index contributed by atoms with van der Waals surface area (Å²) in [6.07, 6.45) is -1.21. The highest BCUT2D eigenvalue weighted by Gasteiger charge is 2.35. The Morgan fingerprint density at radius 3 is 2.31 bits per heavy atom. The first-order valence-electron chi connectivity index (χ1n) is 8.43. The van der Waals surface area contributed by atoms with Crippen LogP contribution in [0.25, 0.3) is 10.8 Å². The molecule has 0 aliphatic carbocycles. The van der Waals surface area contributed by atoms with Crippen molar-refractivity contribution in [3.8, 4) is 0 Å². The SMILES string of the molecule is O=C(NC(NC(=S)Nc1cccc2ccccc12)C(Cl)(Cl)Cl)c1ccccc1F. The Labute approximate surface area is 187 Å². The van der Waals surface area contributed by atoms with Gasteiger partial charge in [-0.25, -0.2) is 4.39 Å². The van der Waals surface area contributed by atoms with E-state index in [1.807, 2.05) is 42.5 Å². The fourth-order valence-corrected chi connectivity index (χ4v) is 3.23. The van der Waals surface area contributed by atoms with Crippen LogP contribution in [0.3, 0.4) is 0 Å². The van der Waals surface area contributed by atoms with E-state index >= 15 is 0 Å². The van der Waals surface area contributed by atoms with Crippen LogP contribution in [0, 0.1) is 5.82 Å². The number of carbonyl (C=O) groups excluding carboxylic acids is 1. The predicted molar refractivity (Wildman–Crippen MR) is 121 cm³/mol. The van der Waals surface area contributed by atoms with Crippen LogP contribution in [0.2, 0.25) is 0 Å². The van der Waals surface area contributed by atoms with Gasteiger partial charge in [-0.3, -0.25) is 4.79 Å². The Bertz CT molecular complexity index is 1050. The summed E-state index contributed by atoms with van der Waals surface area (Å²) in [7, 11) is 0. The van der Waals surface area contributed by atoms with E-state index in [-0.39, 0.29) is 10.7 Å². The van der Waals surface area contributed by atoms with Crippen LogP contribution in [0.15, 0.2) is 66.7 Å². The first kappa shape index (κ1) is 21.6. The summed E-state index contributed by atoms with van der Waals surface area (Å²) in [5.74, 6) is -1.44. The van der Waals surface area contributed by atoms with Crippen LogP contribution < -0.4 is 16.0 Å². The summed E-state index contributed by atoms with van der Waals surface area (Å²) in [5, 5.41) is 10.3. The normalized spacial score (nSPS) is 12.3. The van der Waals surface area contributed by atoms with Gasteiger partial charge < -0.3 is 16.0 Å². The van der Waals surface area contributed by atoms with E-state index in [2.05, 4.69) is 16.0 Å². The second-order valence-electron chi connectivity index (χ2n) is 6.05. The van der Waals surface area contributed by atoms with E-state index in [4.69, 9.17) is 47.0 Å². The highest BCUT2D eigenvalue weighted by atomic mass is 35.6. The highest BCUT2D eigenvalue weighted by molar-refractivity contribution is 7.80. The average Bonchev–Trinajstić information content (AvgIpc) is 2.67. The molecular weight excluding hydrogens is 456 g/mol. The lowest BCUT2D eigenvalue weighted by Gasteiger charge is -2.28. The number of fused-ring (bicyclic) bond motifs is 1. The first-order chi connectivity index (χ1) is 13.8. The van der Waals surface area contributed by atoms with Gasteiger partial charge in [0.2, 0.25) is 3.79 Å². The van der Waals surface area contributed by atoms with Gasteiger partial charge in [0.1, 0.15) is 12.0 Å². The van der Waals surface area contributed by atoms with Crippen LogP contribution in [-0.2, 0) is 0 Å². The third-order valence-electron chi connectivity index (χ3n) is 4.03. The highest BCUT2D eigenvalue weighted by Crippen LogP contribution is 2.30. The monoisotopic (exact) mass is 469 g/mol. The molecule has 0 aliphatic heterocycles. The zero-order valence-corrected chi connectivity index (χ0v) is 17.8. The molecule has 3 N–H and O–H groups in total. The molecule has 29 heavy (non-hydrogen) atoms. The van der Waals surface area contributed by atoms with Crippen LogP contribution >= 0.6 is 47.0 Å². The molecule has 9 heteroatoms. The van der Waals surface area contributed by atoms with Crippen molar-refractivity contribution in [1.29, 1.82) is 0 Å². The molecule has 1 unspecified atom stereocenters. The molecule has 1 atom stereocenters. The van der Waals surface area contributed by atoms with Gasteiger partial charge in [-0.1, -0.05) is 83.3 Å². The third kappa shape index (κ3) is 5.48. The number of anilines is 1. The van der Waals surface area contributed by atoms with Gasteiger partial charge in [-0.2, -0.15) is 0 Å². The summed E-state index contributed by atoms with van der Waals surface area (Å²) in [6.45, 7) is 0. The molecule has 3 rings (SSSR count). The quantitative estimate of drug-likeness (QED) is 0.272. The minimum absolute atomic E-state index is 0.117. The number of alkyl halides is 3. The zero-order valence-electron chi connectivity index (χ0n) is 14.8. The van der Waals surface area contributed by atoms with E-state index in [0.717, 1.165) is 16.5 Å². The fourth-order valence-electron chi connectivity index (χ4n) is 2.68. The molecule has 0 aliphatic rings. The Morgan fingerprint density at radius 2 is 1.59 bits per heavy atom. The van der Waals surface area contributed by atoms with Gasteiger partial charge in [-0.15, -0.1) is 0 Å². The number of hydrogen-bond donors (Lipinski definition) is 3. The van der Waals surface area contributed by atoms with E-state index in [9.17, 15) is 9.18 Å². The lowest BCUT2D eigenvalue weighted by molar-refractivity contribution is 0.0930. The summed E-state index contributed by atoms with van der Waals surface area (Å²) in [6, 6.07) is 18.9. The van der Waals surface area contributed by atoms with Crippen molar-refractivity contribution < 1.29 is 9.18 Å². The molecule has 0 bridgehead atoms. The molecule has 4 nitrogen and oxygen atoms in total. The van der Waals surface area contributed by atoms with Crippen molar-refractivity contribution in [3.63, 3.8) is 0 Å². The first-order valence-corrected chi connectivity index (χ1v) is 9.97. The maximum absolute atomic E-state index is 13.9. The molecule has 150 valence electrons. The van der Waals surface area contributed by atoms with Gasteiger partial charge in [0.25, 0.3) is 5.91 Å². The number of hydrogen-bond acceptors (Lipinski definition) is 2. The third-order valence-corrected chi connectivity index (χ3v) is 4.91. The maximum Gasteiger partial charge on any atom is 0.255 e. The van der Waals surface area contributed by atoms with Crippen LogP contribution in [0.1, 0.15) is 10.4 Å². The van der Waals surface area contributed by atoms with Crippen molar-refractivity contribution in [1.82, 2.24) is 10.6 Å². The summed E-state index contributed by atoms with van der Waals surface area (Å²) in [4.78, 5) is 12.4. The van der Waals surface area contributed by atoms with Crippen LogP contribution in [0.5, 0.6) is 0 Å². The molecular formula is C20H15Cl3FN3OS. The number of thiocarbonyl (C=S) groups is 1. The Hall–Kier alpha value is -2.12. The number of halogens is 4. The smallest absolute Gasteiger partial charge is 0.255 e. The van der Waals surface area contributed by atoms with E-state index in [0.29, 0.717) is 0 Å². The van der Waals surface area contributed by atoms with E-state index in [1.54, 1.807) is 0 Å². The van der Waals surface area contributed by atoms with Crippen molar-refractivity contribution in [3.05, 3.63) is 78.1 Å². The molecule has 0 saturated heterocycles. The summed E-state index contributed by atoms with van der Waals surface area (Å²) in [5.41, 5.74) is 0.561. The van der Waals surface area contributed by atoms with E-state index < -0.39 is 21.7 Å². The number of rotatable bonds is 4. The van der Waals surface area contributed by atoms with Gasteiger partial charge in [0.15, 0.2) is 5.11 Å². The minimum Gasteiger partial charge on any atom is -0.339 e. The van der Waals surface area contributed by atoms with Gasteiger partial charge in [0, 0.05) is 11.1 Å². The topological polar surface area (TPSA) is 53.2 Å². The van der Waals surface area contributed by atoms with Gasteiger partial charge in [0.05, 0.1) is 5.56 Å². The molecule has 0 saturated carbocycles. The van der Waals surface area contributed by atoms with Crippen molar-refractivity contribution in [2.45, 2.75) is 9.96 Å². The molecule has 0 aromatic heterocycles. The number of amides is 1. The summed E-state index contributed by atoms with van der Waals surface area (Å²) >= 11 is 23.3. The minimum atomic E-state index is -1.95. The second-order valence-corrected chi connectivity index (χ2v) is 8.83. The zero-order chi connectivity index (χ0) is 21.0. The largest absolute Gasteiger partial charge is 0.339 e. The van der Waals surface area contributed by atoms with Crippen molar-refractivity contribution in [2.24, 2.45) is 0 Å². The number of nitrogens with one attached hydrogen (secondary N) is 3. The number of carbonyl (C=O) groups is 1. The maximum atomic E-state index is 13.9. The Kier molecular flexibility index (Phi) is 6.80. The molecule has 3 aromatic carbocycles. The standard InChI is InChI=1S/C20H15Cl3FN3OS/c21-20(22,23)18(26-17(28)14-9-3-4-10-15(14)24)27-19(29)25-16-11-5-7-12-6-1-2-8-13(12)16/h1-11,18H,(H,26,28)(H2,25,27,29). The lowest BCUT2D eigenvalue weighted by atomic mass is 10.1. The fraction of sp³-hybridized carbons (Fsp3) is 0.100. The Balaban J connectivity index is 1.76. The second kappa shape index (κ2) is 9.13. The molecule has 1 amide bonds. The van der Waals surface area contributed by atoms with Crippen LogP contribution in [0.4, 0.5) is 10.1 Å². The number of benzene rings is 3. The average molecular weight is 471 g/mol. The van der Waals surface area contributed by atoms with Gasteiger partial charge >= 0.3 is 0 Å². The summed E-state index contributed by atoms with van der Waals surface area (Å²) < 4.78 is 11.9. The molecule has 0 heterocycles. The Morgan fingerprint density at radius 1 is 0.931 bits per heavy atom. The molecule has 3 aromatic rings. The van der Waals surface area contributed by atoms with Crippen molar-refractivity contribution in [2.75, 3.05) is 5.32 Å². The molecule has 0 spiro atoms. The van der Waals surface area contributed by atoms with Crippen LogP contribution in [-0.4, -0.2) is 21.0 Å². The van der Waals surface area contributed by atoms with E-state index in [1.165, 1.54) is 24.3 Å².